The molecule has 0 aromatic rings. The SMILES string of the molecule is CC(C)C.CC1CN(C=O)CCO1. The molecule has 0 aromatic heterocycles. The zero-order valence-electron chi connectivity index (χ0n) is 9.12. The maximum Gasteiger partial charge on any atom is 0.209 e. The Morgan fingerprint density at radius 3 is 2.31 bits per heavy atom. The first kappa shape index (κ1) is 12.4. The molecule has 0 N–H and O–H groups in total. The molecule has 1 saturated heterocycles. The molecule has 0 spiro atoms. The standard InChI is InChI=1S/C6H11NO2.C4H10/c1-6-4-7(5-8)2-3-9-6;1-4(2)3/h5-6H,2-4H2,1H3;4H,1-3H3. The van der Waals surface area contributed by atoms with Gasteiger partial charge in [0, 0.05) is 13.1 Å². The van der Waals surface area contributed by atoms with Crippen LogP contribution in [0.5, 0.6) is 0 Å². The summed E-state index contributed by atoms with van der Waals surface area (Å²) in [5.74, 6) is 0.833. The van der Waals surface area contributed by atoms with Crippen molar-refractivity contribution in [2.45, 2.75) is 33.8 Å². The van der Waals surface area contributed by atoms with Gasteiger partial charge in [-0.05, 0) is 12.8 Å². The molecule has 0 bridgehead atoms. The van der Waals surface area contributed by atoms with Crippen LogP contribution in [-0.4, -0.2) is 37.1 Å². The van der Waals surface area contributed by atoms with Gasteiger partial charge in [-0.3, -0.25) is 4.79 Å². The minimum absolute atomic E-state index is 0.212. The highest BCUT2D eigenvalue weighted by Gasteiger charge is 2.13. The highest BCUT2D eigenvalue weighted by atomic mass is 16.5. The van der Waals surface area contributed by atoms with E-state index >= 15 is 0 Å². The highest BCUT2D eigenvalue weighted by Crippen LogP contribution is 2.00. The number of rotatable bonds is 1. The first-order valence-electron chi connectivity index (χ1n) is 4.87. The molecule has 1 amide bonds. The molecular weight excluding hydrogens is 166 g/mol. The molecule has 13 heavy (non-hydrogen) atoms. The van der Waals surface area contributed by atoms with Crippen molar-refractivity contribution in [1.29, 1.82) is 0 Å². The van der Waals surface area contributed by atoms with Crippen molar-refractivity contribution in [3.05, 3.63) is 0 Å². The van der Waals surface area contributed by atoms with E-state index in [9.17, 15) is 4.79 Å². The third kappa shape index (κ3) is 7.78. The second-order valence-corrected chi connectivity index (χ2v) is 4.01. The van der Waals surface area contributed by atoms with Gasteiger partial charge >= 0.3 is 0 Å². The summed E-state index contributed by atoms with van der Waals surface area (Å²) < 4.78 is 5.21. The molecule has 3 heteroatoms. The molecule has 78 valence electrons. The fourth-order valence-corrected chi connectivity index (χ4v) is 0.941. The Hall–Kier alpha value is -0.570. The first-order chi connectivity index (χ1) is 6.06. The summed E-state index contributed by atoms with van der Waals surface area (Å²) in [6, 6.07) is 0. The van der Waals surface area contributed by atoms with E-state index in [1.807, 2.05) is 6.92 Å². The lowest BCUT2D eigenvalue weighted by Gasteiger charge is -2.27. The molecule has 0 aromatic carbocycles. The number of amides is 1. The lowest BCUT2D eigenvalue weighted by molar-refractivity contribution is -0.124. The largest absolute Gasteiger partial charge is 0.375 e. The average Bonchev–Trinajstić information content (AvgIpc) is 2.03. The Balaban J connectivity index is 0.000000310. The van der Waals surface area contributed by atoms with Crippen molar-refractivity contribution in [2.75, 3.05) is 19.7 Å². The molecule has 1 rings (SSSR count). The molecule has 1 aliphatic rings. The van der Waals surface area contributed by atoms with Gasteiger partial charge in [-0.1, -0.05) is 20.8 Å². The lowest BCUT2D eigenvalue weighted by atomic mass is 10.3. The summed E-state index contributed by atoms with van der Waals surface area (Å²) in [6.07, 6.45) is 1.09. The summed E-state index contributed by atoms with van der Waals surface area (Å²) in [5, 5.41) is 0. The average molecular weight is 187 g/mol. The van der Waals surface area contributed by atoms with Crippen molar-refractivity contribution in [3.63, 3.8) is 0 Å². The summed E-state index contributed by atoms with van der Waals surface area (Å²) in [4.78, 5) is 11.9. The molecule has 1 fully saturated rings. The Kier molecular flexibility index (Phi) is 6.59. The molecule has 0 radical (unpaired) electrons. The minimum Gasteiger partial charge on any atom is -0.375 e. The number of hydrogen-bond acceptors (Lipinski definition) is 2. The second-order valence-electron chi connectivity index (χ2n) is 4.01. The summed E-state index contributed by atoms with van der Waals surface area (Å²) in [7, 11) is 0. The molecule has 1 heterocycles. The van der Waals surface area contributed by atoms with Crippen molar-refractivity contribution in [2.24, 2.45) is 5.92 Å². The van der Waals surface area contributed by atoms with Crippen LogP contribution in [0.4, 0.5) is 0 Å². The molecule has 1 atom stereocenters. The summed E-state index contributed by atoms with van der Waals surface area (Å²) >= 11 is 0. The Labute approximate surface area is 81.1 Å². The van der Waals surface area contributed by atoms with Crippen LogP contribution in [0.2, 0.25) is 0 Å². The Morgan fingerprint density at radius 2 is 2.00 bits per heavy atom. The third-order valence-corrected chi connectivity index (χ3v) is 1.42. The van der Waals surface area contributed by atoms with E-state index in [4.69, 9.17) is 4.74 Å². The van der Waals surface area contributed by atoms with E-state index in [0.29, 0.717) is 6.61 Å². The van der Waals surface area contributed by atoms with E-state index in [2.05, 4.69) is 20.8 Å². The van der Waals surface area contributed by atoms with Crippen LogP contribution in [0.1, 0.15) is 27.7 Å². The highest BCUT2D eigenvalue weighted by molar-refractivity contribution is 5.47. The molecule has 1 aliphatic heterocycles. The van der Waals surface area contributed by atoms with Gasteiger partial charge in [-0.25, -0.2) is 0 Å². The normalized spacial score (nSPS) is 22.2. The number of carbonyl (C=O) groups excluding carboxylic acids is 1. The van der Waals surface area contributed by atoms with Crippen LogP contribution >= 0.6 is 0 Å². The second kappa shape index (κ2) is 6.89. The van der Waals surface area contributed by atoms with Crippen LogP contribution in [0, 0.1) is 5.92 Å². The zero-order valence-corrected chi connectivity index (χ0v) is 9.12. The molecular formula is C10H21NO2. The lowest BCUT2D eigenvalue weighted by Crippen LogP contribution is -2.39. The van der Waals surface area contributed by atoms with Gasteiger partial charge in [0.1, 0.15) is 0 Å². The van der Waals surface area contributed by atoms with Crippen molar-refractivity contribution < 1.29 is 9.53 Å². The molecule has 1 unspecified atom stereocenters. The fourth-order valence-electron chi connectivity index (χ4n) is 0.941. The maximum absolute atomic E-state index is 10.2. The predicted octanol–water partition coefficient (Wildman–Crippen LogP) is 1.53. The number of ether oxygens (including phenoxy) is 1. The van der Waals surface area contributed by atoms with E-state index in [0.717, 1.165) is 25.4 Å². The number of carbonyl (C=O) groups is 1. The van der Waals surface area contributed by atoms with E-state index < -0.39 is 0 Å². The summed E-state index contributed by atoms with van der Waals surface area (Å²) in [6.45, 7) is 10.6. The number of morpholine rings is 1. The predicted molar refractivity (Wildman–Crippen MR) is 53.6 cm³/mol. The fraction of sp³-hybridized carbons (Fsp3) is 0.900. The third-order valence-electron chi connectivity index (χ3n) is 1.42. The molecule has 0 aliphatic carbocycles. The van der Waals surface area contributed by atoms with Crippen LogP contribution in [0.25, 0.3) is 0 Å². The van der Waals surface area contributed by atoms with Gasteiger partial charge in [-0.15, -0.1) is 0 Å². The van der Waals surface area contributed by atoms with Gasteiger partial charge in [0.15, 0.2) is 0 Å². The zero-order chi connectivity index (χ0) is 10.3. The van der Waals surface area contributed by atoms with Gasteiger partial charge in [0.2, 0.25) is 6.41 Å². The van der Waals surface area contributed by atoms with Crippen LogP contribution in [0.3, 0.4) is 0 Å². The number of hydrogen-bond donors (Lipinski definition) is 0. The first-order valence-corrected chi connectivity index (χ1v) is 4.87. The van der Waals surface area contributed by atoms with Gasteiger partial charge in [0.05, 0.1) is 12.7 Å². The number of nitrogens with zero attached hydrogens (tertiary/aromatic N) is 1. The molecule has 3 nitrogen and oxygen atoms in total. The smallest absolute Gasteiger partial charge is 0.209 e. The van der Waals surface area contributed by atoms with Crippen molar-refractivity contribution in [3.8, 4) is 0 Å². The van der Waals surface area contributed by atoms with Gasteiger partial charge < -0.3 is 9.64 Å². The monoisotopic (exact) mass is 187 g/mol. The van der Waals surface area contributed by atoms with E-state index in [1.165, 1.54) is 0 Å². The van der Waals surface area contributed by atoms with Gasteiger partial charge in [-0.2, -0.15) is 0 Å². The Bertz CT molecular complexity index is 134. The van der Waals surface area contributed by atoms with Crippen LogP contribution in [-0.2, 0) is 9.53 Å². The van der Waals surface area contributed by atoms with Crippen LogP contribution in [0.15, 0.2) is 0 Å². The van der Waals surface area contributed by atoms with E-state index in [-0.39, 0.29) is 6.10 Å². The Morgan fingerprint density at radius 1 is 1.46 bits per heavy atom. The molecule has 0 saturated carbocycles. The summed E-state index contributed by atoms with van der Waals surface area (Å²) in [5.41, 5.74) is 0. The van der Waals surface area contributed by atoms with E-state index in [1.54, 1.807) is 4.90 Å². The quantitative estimate of drug-likeness (QED) is 0.583. The van der Waals surface area contributed by atoms with Crippen molar-refractivity contribution in [1.82, 2.24) is 4.90 Å². The minimum atomic E-state index is 0.212. The maximum atomic E-state index is 10.2. The van der Waals surface area contributed by atoms with Crippen molar-refractivity contribution >= 4 is 6.41 Å². The van der Waals surface area contributed by atoms with Crippen LogP contribution < -0.4 is 0 Å². The van der Waals surface area contributed by atoms with Gasteiger partial charge in [0.25, 0.3) is 0 Å². The topological polar surface area (TPSA) is 29.5 Å².